The van der Waals surface area contributed by atoms with Crippen molar-refractivity contribution in [2.24, 2.45) is 0 Å². The predicted molar refractivity (Wildman–Crippen MR) is 61.7 cm³/mol. The molecule has 0 bridgehead atoms. The molecule has 1 heterocycles. The molecule has 2 aromatic rings. The number of benzene rings is 1. The van der Waals surface area contributed by atoms with Crippen LogP contribution in [0.5, 0.6) is 0 Å². The zero-order valence-electron chi connectivity index (χ0n) is 8.38. The molecule has 0 saturated heterocycles. The Kier molecular flexibility index (Phi) is 2.97. The SMILES string of the molecule is O=C(O)[C@H](c1ccc(Cl)cc1)n1cccc1. The molecule has 0 saturated carbocycles. The fourth-order valence-corrected chi connectivity index (χ4v) is 1.73. The van der Waals surface area contributed by atoms with E-state index < -0.39 is 12.0 Å². The number of nitrogens with zero attached hydrogens (tertiary/aromatic N) is 1. The average molecular weight is 236 g/mol. The van der Waals surface area contributed by atoms with Crippen LogP contribution in [-0.2, 0) is 4.79 Å². The van der Waals surface area contributed by atoms with Crippen molar-refractivity contribution in [1.29, 1.82) is 0 Å². The van der Waals surface area contributed by atoms with Crippen molar-refractivity contribution in [1.82, 2.24) is 4.57 Å². The van der Waals surface area contributed by atoms with Crippen LogP contribution in [0.2, 0.25) is 5.02 Å². The van der Waals surface area contributed by atoms with E-state index in [0.717, 1.165) is 0 Å². The first-order valence-electron chi connectivity index (χ1n) is 4.79. The van der Waals surface area contributed by atoms with E-state index in [2.05, 4.69) is 0 Å². The first kappa shape index (κ1) is 10.8. The second-order valence-corrected chi connectivity index (χ2v) is 3.86. The quantitative estimate of drug-likeness (QED) is 0.889. The van der Waals surface area contributed by atoms with Crippen LogP contribution in [-0.4, -0.2) is 15.6 Å². The van der Waals surface area contributed by atoms with Gasteiger partial charge in [-0.1, -0.05) is 23.7 Å². The highest BCUT2D eigenvalue weighted by Crippen LogP contribution is 2.20. The molecule has 4 heteroatoms. The molecule has 0 aliphatic rings. The van der Waals surface area contributed by atoms with Gasteiger partial charge in [0.15, 0.2) is 6.04 Å². The van der Waals surface area contributed by atoms with Crippen LogP contribution in [0, 0.1) is 0 Å². The van der Waals surface area contributed by atoms with E-state index in [-0.39, 0.29) is 0 Å². The fourth-order valence-electron chi connectivity index (χ4n) is 1.61. The van der Waals surface area contributed by atoms with Crippen molar-refractivity contribution >= 4 is 17.6 Å². The van der Waals surface area contributed by atoms with E-state index in [1.807, 2.05) is 0 Å². The molecule has 1 N–H and O–H groups in total. The normalized spacial score (nSPS) is 12.3. The number of carboxylic acid groups (broad SMARTS) is 1. The van der Waals surface area contributed by atoms with Crippen LogP contribution in [0.15, 0.2) is 48.8 Å². The molecule has 1 aromatic carbocycles. The van der Waals surface area contributed by atoms with E-state index in [9.17, 15) is 9.90 Å². The first-order valence-corrected chi connectivity index (χ1v) is 5.17. The van der Waals surface area contributed by atoms with Gasteiger partial charge in [-0.05, 0) is 29.8 Å². The summed E-state index contributed by atoms with van der Waals surface area (Å²) < 4.78 is 1.64. The maximum atomic E-state index is 11.2. The largest absolute Gasteiger partial charge is 0.479 e. The zero-order chi connectivity index (χ0) is 11.5. The molecule has 0 unspecified atom stereocenters. The van der Waals surface area contributed by atoms with Crippen molar-refractivity contribution < 1.29 is 9.90 Å². The van der Waals surface area contributed by atoms with Gasteiger partial charge in [-0.25, -0.2) is 4.79 Å². The molecular weight excluding hydrogens is 226 g/mol. The van der Waals surface area contributed by atoms with Gasteiger partial charge in [0.1, 0.15) is 0 Å². The van der Waals surface area contributed by atoms with E-state index >= 15 is 0 Å². The lowest BCUT2D eigenvalue weighted by atomic mass is 10.1. The summed E-state index contributed by atoms with van der Waals surface area (Å²) in [6.45, 7) is 0. The van der Waals surface area contributed by atoms with Crippen LogP contribution < -0.4 is 0 Å². The first-order chi connectivity index (χ1) is 7.68. The number of carbonyl (C=O) groups is 1. The molecule has 0 radical (unpaired) electrons. The molecule has 0 aliphatic carbocycles. The fraction of sp³-hybridized carbons (Fsp3) is 0.0833. The predicted octanol–water partition coefficient (Wildman–Crippen LogP) is 2.82. The van der Waals surface area contributed by atoms with E-state index in [4.69, 9.17) is 11.6 Å². The molecule has 0 spiro atoms. The number of aliphatic carboxylic acids is 1. The number of carboxylic acids is 1. The Balaban J connectivity index is 2.41. The molecular formula is C12H10ClNO2. The van der Waals surface area contributed by atoms with Gasteiger partial charge in [0, 0.05) is 17.4 Å². The molecule has 1 aromatic heterocycles. The summed E-state index contributed by atoms with van der Waals surface area (Å²) in [5.41, 5.74) is 0.702. The van der Waals surface area contributed by atoms with Gasteiger partial charge >= 0.3 is 5.97 Å². The number of rotatable bonds is 3. The Hall–Kier alpha value is -1.74. The molecule has 16 heavy (non-hydrogen) atoms. The van der Waals surface area contributed by atoms with Gasteiger partial charge < -0.3 is 9.67 Å². The summed E-state index contributed by atoms with van der Waals surface area (Å²) in [5, 5.41) is 9.81. The second kappa shape index (κ2) is 4.41. The van der Waals surface area contributed by atoms with Crippen molar-refractivity contribution in [2.45, 2.75) is 6.04 Å². The summed E-state index contributed by atoms with van der Waals surface area (Å²) in [4.78, 5) is 11.2. The van der Waals surface area contributed by atoms with Crippen LogP contribution in [0.4, 0.5) is 0 Å². The second-order valence-electron chi connectivity index (χ2n) is 3.42. The van der Waals surface area contributed by atoms with Crippen LogP contribution >= 0.6 is 11.6 Å². The third-order valence-electron chi connectivity index (χ3n) is 2.35. The highest BCUT2D eigenvalue weighted by atomic mass is 35.5. The van der Waals surface area contributed by atoms with Gasteiger partial charge in [0.25, 0.3) is 0 Å². The summed E-state index contributed by atoms with van der Waals surface area (Å²) in [5.74, 6) is -0.890. The third-order valence-corrected chi connectivity index (χ3v) is 2.60. The van der Waals surface area contributed by atoms with Crippen LogP contribution in [0.1, 0.15) is 11.6 Å². The van der Waals surface area contributed by atoms with Gasteiger partial charge in [-0.2, -0.15) is 0 Å². The topological polar surface area (TPSA) is 42.2 Å². The minimum absolute atomic E-state index is 0.598. The van der Waals surface area contributed by atoms with Gasteiger partial charge in [0.2, 0.25) is 0 Å². The van der Waals surface area contributed by atoms with Crippen molar-refractivity contribution in [3.05, 3.63) is 59.4 Å². The zero-order valence-corrected chi connectivity index (χ0v) is 9.13. The highest BCUT2D eigenvalue weighted by molar-refractivity contribution is 6.30. The standard InChI is InChI=1S/C12H10ClNO2/c13-10-5-3-9(4-6-10)11(12(15)16)14-7-1-2-8-14/h1-8,11H,(H,15,16)/t11-/m0/s1. The lowest BCUT2D eigenvalue weighted by Crippen LogP contribution is -2.18. The molecule has 2 rings (SSSR count). The van der Waals surface area contributed by atoms with Gasteiger partial charge in [0.05, 0.1) is 0 Å². The Morgan fingerprint density at radius 2 is 1.75 bits per heavy atom. The number of hydrogen-bond acceptors (Lipinski definition) is 1. The molecule has 3 nitrogen and oxygen atoms in total. The van der Waals surface area contributed by atoms with Crippen molar-refractivity contribution in [2.75, 3.05) is 0 Å². The van der Waals surface area contributed by atoms with E-state index in [1.54, 1.807) is 53.4 Å². The summed E-state index contributed by atoms with van der Waals surface area (Å²) in [7, 11) is 0. The van der Waals surface area contributed by atoms with E-state index in [0.29, 0.717) is 10.6 Å². The maximum Gasteiger partial charge on any atom is 0.331 e. The maximum absolute atomic E-state index is 11.2. The number of aromatic nitrogens is 1. The Morgan fingerprint density at radius 3 is 2.25 bits per heavy atom. The average Bonchev–Trinajstić information content (AvgIpc) is 2.74. The minimum Gasteiger partial charge on any atom is -0.479 e. The van der Waals surface area contributed by atoms with Crippen molar-refractivity contribution in [3.8, 4) is 0 Å². The van der Waals surface area contributed by atoms with Crippen LogP contribution in [0.25, 0.3) is 0 Å². The summed E-state index contributed by atoms with van der Waals surface area (Å²) in [6.07, 6.45) is 3.46. The van der Waals surface area contributed by atoms with Gasteiger partial charge in [-0.15, -0.1) is 0 Å². The monoisotopic (exact) mass is 235 g/mol. The molecule has 0 amide bonds. The highest BCUT2D eigenvalue weighted by Gasteiger charge is 2.20. The number of hydrogen-bond donors (Lipinski definition) is 1. The molecule has 1 atom stereocenters. The summed E-state index contributed by atoms with van der Waals surface area (Å²) >= 11 is 5.77. The van der Waals surface area contributed by atoms with Gasteiger partial charge in [-0.3, -0.25) is 0 Å². The molecule has 0 fully saturated rings. The Bertz CT molecular complexity index is 476. The third kappa shape index (κ3) is 2.09. The summed E-state index contributed by atoms with van der Waals surface area (Å²) in [6, 6.07) is 9.72. The number of halogens is 1. The molecule has 82 valence electrons. The lowest BCUT2D eigenvalue weighted by molar-refractivity contribution is -0.139. The minimum atomic E-state index is -0.890. The van der Waals surface area contributed by atoms with E-state index in [1.165, 1.54) is 0 Å². The molecule has 0 aliphatic heterocycles. The van der Waals surface area contributed by atoms with Crippen molar-refractivity contribution in [3.63, 3.8) is 0 Å². The Labute approximate surface area is 97.9 Å². The Morgan fingerprint density at radius 1 is 1.19 bits per heavy atom. The smallest absolute Gasteiger partial charge is 0.331 e. The van der Waals surface area contributed by atoms with Crippen LogP contribution in [0.3, 0.4) is 0 Å². The lowest BCUT2D eigenvalue weighted by Gasteiger charge is -2.14.